The molecule has 0 saturated carbocycles. The Morgan fingerprint density at radius 3 is 2.70 bits per heavy atom. The number of benzene rings is 1. The van der Waals surface area contributed by atoms with Crippen molar-refractivity contribution in [3.63, 3.8) is 0 Å². The topological polar surface area (TPSA) is 50.9 Å². The number of nitrogens with two attached hydrogens (primary N) is 1. The molecule has 1 aromatic carbocycles. The van der Waals surface area contributed by atoms with Gasteiger partial charge in [-0.1, -0.05) is 46.6 Å². The number of halogens is 2. The zero-order chi connectivity index (χ0) is 14.5. The second-order valence-corrected chi connectivity index (χ2v) is 5.92. The molecule has 0 bridgehead atoms. The molecule has 20 heavy (non-hydrogen) atoms. The molecular weight excluding hydrogens is 338 g/mol. The van der Waals surface area contributed by atoms with Crippen molar-refractivity contribution >= 4 is 33.3 Å². The number of anilines is 1. The first-order chi connectivity index (χ1) is 9.61. The fourth-order valence-electron chi connectivity index (χ4n) is 2.05. The predicted octanol–water partition coefficient (Wildman–Crippen LogP) is 4.17. The van der Waals surface area contributed by atoms with Crippen LogP contribution in [0.15, 0.2) is 41.0 Å². The molecule has 0 fully saturated rings. The molecule has 2 aromatic rings. The zero-order valence-electron chi connectivity index (χ0n) is 11.2. The highest BCUT2D eigenvalue weighted by Gasteiger charge is 2.17. The molecule has 0 aliphatic heterocycles. The Morgan fingerprint density at radius 2 is 2.05 bits per heavy atom. The van der Waals surface area contributed by atoms with E-state index in [0.29, 0.717) is 10.8 Å². The number of hydrogen-bond donors (Lipinski definition) is 2. The minimum atomic E-state index is -0.00532. The van der Waals surface area contributed by atoms with Gasteiger partial charge in [0.05, 0.1) is 11.1 Å². The van der Waals surface area contributed by atoms with E-state index in [0.717, 1.165) is 28.6 Å². The smallest absolute Gasteiger partial charge is 0.128 e. The molecule has 1 heterocycles. The van der Waals surface area contributed by atoms with Crippen LogP contribution in [0, 0.1) is 0 Å². The van der Waals surface area contributed by atoms with Crippen molar-refractivity contribution in [2.24, 2.45) is 0 Å². The van der Waals surface area contributed by atoms with Gasteiger partial charge in [-0.05, 0) is 36.7 Å². The third kappa shape index (κ3) is 3.72. The fraction of sp³-hybridized carbons (Fsp3) is 0.267. The Hall–Kier alpha value is -1.10. The maximum Gasteiger partial charge on any atom is 0.128 e. The summed E-state index contributed by atoms with van der Waals surface area (Å²) in [6.45, 7) is 3.03. The summed E-state index contributed by atoms with van der Waals surface area (Å²) in [4.78, 5) is 4.15. The normalized spacial score (nSPS) is 12.3. The van der Waals surface area contributed by atoms with Crippen LogP contribution in [-0.2, 0) is 0 Å². The maximum atomic E-state index is 6.05. The number of nitrogens with zero attached hydrogens (tertiary/aromatic N) is 1. The van der Waals surface area contributed by atoms with E-state index in [1.807, 2.05) is 18.2 Å². The summed E-state index contributed by atoms with van der Waals surface area (Å²) in [6, 6.07) is 10.0. The van der Waals surface area contributed by atoms with Gasteiger partial charge in [0.1, 0.15) is 5.82 Å². The Bertz CT molecular complexity index is 572. The summed E-state index contributed by atoms with van der Waals surface area (Å²) in [5.41, 5.74) is 8.06. The summed E-state index contributed by atoms with van der Waals surface area (Å²) >= 11 is 9.51. The average Bonchev–Trinajstić information content (AvgIpc) is 2.44. The van der Waals surface area contributed by atoms with Gasteiger partial charge in [-0.2, -0.15) is 0 Å². The number of aromatic nitrogens is 1. The minimum Gasteiger partial charge on any atom is -0.383 e. The Morgan fingerprint density at radius 1 is 1.35 bits per heavy atom. The molecule has 0 radical (unpaired) electrons. The van der Waals surface area contributed by atoms with Crippen molar-refractivity contribution in [2.75, 3.05) is 12.3 Å². The van der Waals surface area contributed by atoms with Gasteiger partial charge in [0, 0.05) is 16.2 Å². The van der Waals surface area contributed by atoms with Gasteiger partial charge < -0.3 is 11.1 Å². The van der Waals surface area contributed by atoms with Gasteiger partial charge >= 0.3 is 0 Å². The van der Waals surface area contributed by atoms with E-state index in [9.17, 15) is 0 Å². The van der Waals surface area contributed by atoms with Crippen LogP contribution >= 0.6 is 27.5 Å². The minimum absolute atomic E-state index is 0.00532. The molecule has 0 spiro atoms. The second kappa shape index (κ2) is 7.07. The van der Waals surface area contributed by atoms with Gasteiger partial charge in [0.2, 0.25) is 0 Å². The summed E-state index contributed by atoms with van der Waals surface area (Å²) in [7, 11) is 0. The SMILES string of the molecule is CCCNC(c1ccc(Br)cc1)c1cc(Cl)cnc1N. The number of pyridine rings is 1. The van der Waals surface area contributed by atoms with Gasteiger partial charge in [-0.15, -0.1) is 0 Å². The molecule has 2 rings (SSSR count). The molecule has 0 saturated heterocycles. The molecule has 1 atom stereocenters. The van der Waals surface area contributed by atoms with E-state index in [-0.39, 0.29) is 6.04 Å². The molecule has 106 valence electrons. The Kier molecular flexibility index (Phi) is 5.40. The molecule has 5 heteroatoms. The van der Waals surface area contributed by atoms with E-state index in [4.69, 9.17) is 17.3 Å². The van der Waals surface area contributed by atoms with Gasteiger partial charge in [0.25, 0.3) is 0 Å². The van der Waals surface area contributed by atoms with E-state index in [1.165, 1.54) is 0 Å². The highest BCUT2D eigenvalue weighted by atomic mass is 79.9. The van der Waals surface area contributed by atoms with Crippen LogP contribution in [0.3, 0.4) is 0 Å². The third-order valence-corrected chi connectivity index (χ3v) is 3.76. The first-order valence-electron chi connectivity index (χ1n) is 6.51. The van der Waals surface area contributed by atoms with Crippen molar-refractivity contribution in [1.82, 2.24) is 10.3 Å². The lowest BCUT2D eigenvalue weighted by molar-refractivity contribution is 0.598. The van der Waals surface area contributed by atoms with E-state index in [1.54, 1.807) is 6.20 Å². The Labute approximate surface area is 132 Å². The largest absolute Gasteiger partial charge is 0.383 e. The zero-order valence-corrected chi connectivity index (χ0v) is 13.6. The summed E-state index contributed by atoms with van der Waals surface area (Å²) in [5, 5.41) is 4.09. The predicted molar refractivity (Wildman–Crippen MR) is 87.9 cm³/mol. The van der Waals surface area contributed by atoms with E-state index >= 15 is 0 Å². The van der Waals surface area contributed by atoms with Crippen molar-refractivity contribution in [2.45, 2.75) is 19.4 Å². The maximum absolute atomic E-state index is 6.05. The van der Waals surface area contributed by atoms with Gasteiger partial charge in [-0.3, -0.25) is 0 Å². The highest BCUT2D eigenvalue weighted by Crippen LogP contribution is 2.28. The molecule has 0 amide bonds. The van der Waals surface area contributed by atoms with Crippen molar-refractivity contribution < 1.29 is 0 Å². The number of hydrogen-bond acceptors (Lipinski definition) is 3. The van der Waals surface area contributed by atoms with Crippen LogP contribution in [0.5, 0.6) is 0 Å². The average molecular weight is 355 g/mol. The van der Waals surface area contributed by atoms with Gasteiger partial charge in [0.15, 0.2) is 0 Å². The van der Waals surface area contributed by atoms with Crippen LogP contribution in [0.2, 0.25) is 5.02 Å². The lowest BCUT2D eigenvalue weighted by atomic mass is 9.99. The lowest BCUT2D eigenvalue weighted by Gasteiger charge is -2.21. The standard InChI is InChI=1S/C15H17BrClN3/c1-2-7-19-14(10-3-5-11(16)6-4-10)13-8-12(17)9-20-15(13)18/h3-6,8-9,14,19H,2,7H2,1H3,(H2,18,20). The summed E-state index contributed by atoms with van der Waals surface area (Å²) in [5.74, 6) is 0.505. The van der Waals surface area contributed by atoms with E-state index in [2.05, 4.69) is 45.3 Å². The quantitative estimate of drug-likeness (QED) is 0.847. The van der Waals surface area contributed by atoms with Crippen molar-refractivity contribution in [1.29, 1.82) is 0 Å². The first kappa shape index (κ1) is 15.3. The fourth-order valence-corrected chi connectivity index (χ4v) is 2.48. The molecule has 1 aromatic heterocycles. The molecule has 1 unspecified atom stereocenters. The van der Waals surface area contributed by atoms with Crippen molar-refractivity contribution in [3.05, 3.63) is 57.2 Å². The van der Waals surface area contributed by atoms with Gasteiger partial charge in [-0.25, -0.2) is 4.98 Å². The van der Waals surface area contributed by atoms with Crippen molar-refractivity contribution in [3.8, 4) is 0 Å². The number of nitrogen functional groups attached to an aromatic ring is 1. The first-order valence-corrected chi connectivity index (χ1v) is 7.68. The van der Waals surface area contributed by atoms with Crippen LogP contribution in [-0.4, -0.2) is 11.5 Å². The Balaban J connectivity index is 2.41. The van der Waals surface area contributed by atoms with Crippen LogP contribution in [0.1, 0.15) is 30.5 Å². The molecular formula is C15H17BrClN3. The summed E-state index contributed by atoms with van der Waals surface area (Å²) in [6.07, 6.45) is 2.61. The van der Waals surface area contributed by atoms with Crippen LogP contribution in [0.4, 0.5) is 5.82 Å². The third-order valence-electron chi connectivity index (χ3n) is 3.03. The molecule has 0 aliphatic carbocycles. The lowest BCUT2D eigenvalue weighted by Crippen LogP contribution is -2.24. The molecule has 3 N–H and O–H groups in total. The monoisotopic (exact) mass is 353 g/mol. The van der Waals surface area contributed by atoms with Crippen LogP contribution in [0.25, 0.3) is 0 Å². The van der Waals surface area contributed by atoms with E-state index < -0.39 is 0 Å². The van der Waals surface area contributed by atoms with Crippen LogP contribution < -0.4 is 11.1 Å². The molecule has 3 nitrogen and oxygen atoms in total. The second-order valence-electron chi connectivity index (χ2n) is 4.57. The number of nitrogens with one attached hydrogen (secondary N) is 1. The molecule has 0 aliphatic rings. The highest BCUT2D eigenvalue weighted by molar-refractivity contribution is 9.10. The summed E-state index contributed by atoms with van der Waals surface area (Å²) < 4.78 is 1.05. The number of rotatable bonds is 5.